The van der Waals surface area contributed by atoms with Crippen LogP contribution in [0.3, 0.4) is 0 Å². The van der Waals surface area contributed by atoms with Crippen LogP contribution in [-0.2, 0) is 13.2 Å². The molecular formula is C22H29ClN2O. The van der Waals surface area contributed by atoms with Gasteiger partial charge >= 0.3 is 0 Å². The van der Waals surface area contributed by atoms with E-state index in [0.717, 1.165) is 36.0 Å². The second-order valence-corrected chi connectivity index (χ2v) is 7.52. The van der Waals surface area contributed by atoms with Gasteiger partial charge in [0.1, 0.15) is 12.4 Å². The molecule has 3 nitrogen and oxygen atoms in total. The van der Waals surface area contributed by atoms with Gasteiger partial charge in [-0.3, -0.25) is 4.90 Å². The number of aryl methyl sites for hydroxylation is 1. The van der Waals surface area contributed by atoms with Crippen LogP contribution in [-0.4, -0.2) is 30.6 Å². The van der Waals surface area contributed by atoms with Crippen molar-refractivity contribution in [3.05, 3.63) is 64.2 Å². The Morgan fingerprint density at radius 2 is 2.12 bits per heavy atom. The van der Waals surface area contributed by atoms with E-state index in [1.165, 1.54) is 30.5 Å². The number of ether oxygens (including phenoxy) is 1. The van der Waals surface area contributed by atoms with Gasteiger partial charge in [-0.25, -0.2) is 0 Å². The fraction of sp³-hybridized carbons (Fsp3) is 0.455. The minimum absolute atomic E-state index is 0.572. The van der Waals surface area contributed by atoms with Gasteiger partial charge < -0.3 is 10.1 Å². The Bertz CT molecular complexity index is 719. The lowest BCUT2D eigenvalue weighted by Crippen LogP contribution is -2.37. The number of benzene rings is 2. The van der Waals surface area contributed by atoms with Crippen molar-refractivity contribution in [3.63, 3.8) is 0 Å². The number of hydrogen-bond acceptors (Lipinski definition) is 3. The maximum absolute atomic E-state index is 6.21. The molecular weight excluding hydrogens is 344 g/mol. The molecule has 0 amide bonds. The summed E-state index contributed by atoms with van der Waals surface area (Å²) in [6.45, 7) is 9.06. The monoisotopic (exact) mass is 372 g/mol. The highest BCUT2D eigenvalue weighted by Gasteiger charge is 2.22. The minimum atomic E-state index is 0.572. The molecule has 0 bridgehead atoms. The van der Waals surface area contributed by atoms with Gasteiger partial charge in [-0.05, 0) is 56.6 Å². The first-order chi connectivity index (χ1) is 12.7. The molecule has 0 spiro atoms. The highest BCUT2D eigenvalue weighted by molar-refractivity contribution is 6.30. The highest BCUT2D eigenvalue weighted by atomic mass is 35.5. The summed E-state index contributed by atoms with van der Waals surface area (Å²) < 4.78 is 6.09. The zero-order valence-corrected chi connectivity index (χ0v) is 16.6. The van der Waals surface area contributed by atoms with Crippen molar-refractivity contribution in [3.8, 4) is 5.75 Å². The van der Waals surface area contributed by atoms with E-state index in [9.17, 15) is 0 Å². The quantitative estimate of drug-likeness (QED) is 0.720. The first kappa shape index (κ1) is 19.2. The van der Waals surface area contributed by atoms with Crippen molar-refractivity contribution in [2.45, 2.75) is 45.9 Å². The summed E-state index contributed by atoms with van der Waals surface area (Å²) in [5.74, 6) is 0.905. The fourth-order valence-corrected chi connectivity index (χ4v) is 3.90. The van der Waals surface area contributed by atoms with Gasteiger partial charge in [-0.2, -0.15) is 0 Å². The summed E-state index contributed by atoms with van der Waals surface area (Å²) in [5.41, 5.74) is 3.55. The van der Waals surface area contributed by atoms with Crippen LogP contribution in [0, 0.1) is 6.92 Å². The predicted octanol–water partition coefficient (Wildman–Crippen LogP) is 4.80. The van der Waals surface area contributed by atoms with Gasteiger partial charge in [0.05, 0.1) is 0 Å². The first-order valence-electron chi connectivity index (χ1n) is 9.57. The highest BCUT2D eigenvalue weighted by Crippen LogP contribution is 2.24. The molecule has 0 saturated carbocycles. The number of rotatable bonds is 8. The van der Waals surface area contributed by atoms with Crippen LogP contribution in [0.15, 0.2) is 42.5 Å². The lowest BCUT2D eigenvalue weighted by molar-refractivity contribution is 0.259. The third-order valence-corrected chi connectivity index (χ3v) is 5.34. The molecule has 1 unspecified atom stereocenters. The molecule has 1 saturated heterocycles. The molecule has 1 aliphatic rings. The topological polar surface area (TPSA) is 24.5 Å². The molecule has 2 aromatic carbocycles. The fourth-order valence-electron chi connectivity index (χ4n) is 3.71. The SMILES string of the molecule is CCN1CCCC1CNCc1cc(Cl)ccc1OCc1cccc(C)c1. The maximum atomic E-state index is 6.21. The molecule has 1 fully saturated rings. The summed E-state index contributed by atoms with van der Waals surface area (Å²) in [6.07, 6.45) is 2.59. The lowest BCUT2D eigenvalue weighted by atomic mass is 10.1. The van der Waals surface area contributed by atoms with Crippen LogP contribution in [0.5, 0.6) is 5.75 Å². The van der Waals surface area contributed by atoms with Crippen LogP contribution in [0.4, 0.5) is 0 Å². The second kappa shape index (κ2) is 9.40. The van der Waals surface area contributed by atoms with E-state index in [-0.39, 0.29) is 0 Å². The summed E-state index contributed by atoms with van der Waals surface area (Å²) in [7, 11) is 0. The van der Waals surface area contributed by atoms with Crippen LogP contribution in [0.1, 0.15) is 36.5 Å². The molecule has 0 aromatic heterocycles. The zero-order valence-electron chi connectivity index (χ0n) is 15.8. The molecule has 4 heteroatoms. The van der Waals surface area contributed by atoms with Gasteiger partial charge in [0, 0.05) is 29.7 Å². The molecule has 1 atom stereocenters. The van der Waals surface area contributed by atoms with E-state index in [1.807, 2.05) is 18.2 Å². The standard InChI is InChI=1S/C22H29ClN2O/c1-3-25-11-5-8-21(25)15-24-14-19-13-20(23)9-10-22(19)26-16-18-7-4-6-17(2)12-18/h4,6-7,9-10,12-13,21,24H,3,5,8,11,14-16H2,1-2H3. The largest absolute Gasteiger partial charge is 0.489 e. The van der Waals surface area contributed by atoms with Crippen LogP contribution >= 0.6 is 11.6 Å². The third-order valence-electron chi connectivity index (χ3n) is 5.10. The number of halogens is 1. The van der Waals surface area contributed by atoms with Gasteiger partial charge in [0.25, 0.3) is 0 Å². The molecule has 1 aliphatic heterocycles. The third kappa shape index (κ3) is 5.23. The average molecular weight is 373 g/mol. The minimum Gasteiger partial charge on any atom is -0.489 e. The molecule has 0 aliphatic carbocycles. The number of hydrogen-bond donors (Lipinski definition) is 1. The number of nitrogens with one attached hydrogen (secondary N) is 1. The Labute approximate surface area is 162 Å². The number of likely N-dealkylation sites (tertiary alicyclic amines) is 1. The maximum Gasteiger partial charge on any atom is 0.124 e. The summed E-state index contributed by atoms with van der Waals surface area (Å²) in [6, 6.07) is 15.0. The van der Waals surface area contributed by atoms with Gasteiger partial charge in [0.2, 0.25) is 0 Å². The molecule has 140 valence electrons. The normalized spacial score (nSPS) is 17.6. The van der Waals surface area contributed by atoms with Gasteiger partial charge in [0.15, 0.2) is 0 Å². The Balaban J connectivity index is 1.58. The van der Waals surface area contributed by atoms with Crippen molar-refractivity contribution >= 4 is 11.6 Å². The Kier molecular flexibility index (Phi) is 6.95. The first-order valence-corrected chi connectivity index (χ1v) is 9.95. The zero-order chi connectivity index (χ0) is 18.4. The van der Waals surface area contributed by atoms with Crippen molar-refractivity contribution < 1.29 is 4.74 Å². The molecule has 1 heterocycles. The second-order valence-electron chi connectivity index (χ2n) is 7.09. The van der Waals surface area contributed by atoms with Crippen LogP contribution in [0.2, 0.25) is 5.02 Å². The lowest BCUT2D eigenvalue weighted by Gasteiger charge is -2.23. The Hall–Kier alpha value is -1.55. The van der Waals surface area contributed by atoms with E-state index < -0.39 is 0 Å². The molecule has 3 rings (SSSR count). The van der Waals surface area contributed by atoms with Crippen LogP contribution in [0.25, 0.3) is 0 Å². The van der Waals surface area contributed by atoms with E-state index in [2.05, 4.69) is 48.3 Å². The smallest absolute Gasteiger partial charge is 0.124 e. The summed E-state index contributed by atoms with van der Waals surface area (Å²) in [4.78, 5) is 2.56. The van der Waals surface area contributed by atoms with Crippen molar-refractivity contribution in [1.29, 1.82) is 0 Å². The van der Waals surface area contributed by atoms with Gasteiger partial charge in [-0.1, -0.05) is 48.4 Å². The van der Waals surface area contributed by atoms with Crippen molar-refractivity contribution in [1.82, 2.24) is 10.2 Å². The molecule has 1 N–H and O–H groups in total. The number of likely N-dealkylation sites (N-methyl/N-ethyl adjacent to an activating group) is 1. The molecule has 2 aromatic rings. The van der Waals surface area contributed by atoms with Crippen LogP contribution < -0.4 is 10.1 Å². The van der Waals surface area contributed by atoms with E-state index in [1.54, 1.807) is 0 Å². The summed E-state index contributed by atoms with van der Waals surface area (Å²) >= 11 is 6.21. The predicted molar refractivity (Wildman–Crippen MR) is 109 cm³/mol. The van der Waals surface area contributed by atoms with Gasteiger partial charge in [-0.15, -0.1) is 0 Å². The summed E-state index contributed by atoms with van der Waals surface area (Å²) in [5, 5.41) is 4.35. The van der Waals surface area contributed by atoms with Crippen molar-refractivity contribution in [2.75, 3.05) is 19.6 Å². The number of nitrogens with zero attached hydrogens (tertiary/aromatic N) is 1. The van der Waals surface area contributed by atoms with E-state index in [4.69, 9.17) is 16.3 Å². The van der Waals surface area contributed by atoms with Crippen molar-refractivity contribution in [2.24, 2.45) is 0 Å². The Morgan fingerprint density at radius 1 is 1.23 bits per heavy atom. The molecule has 26 heavy (non-hydrogen) atoms. The van der Waals surface area contributed by atoms with E-state index in [0.29, 0.717) is 12.6 Å². The van der Waals surface area contributed by atoms with E-state index >= 15 is 0 Å². The molecule has 0 radical (unpaired) electrons. The average Bonchev–Trinajstić information content (AvgIpc) is 3.08. The Morgan fingerprint density at radius 3 is 2.92 bits per heavy atom.